The van der Waals surface area contributed by atoms with Crippen LogP contribution in [0.1, 0.15) is 18.2 Å². The van der Waals surface area contributed by atoms with Gasteiger partial charge in [-0.25, -0.2) is 17.8 Å². The Kier molecular flexibility index (Phi) is 5.03. The molecule has 2 aromatic heterocycles. The molecule has 0 saturated heterocycles. The Morgan fingerprint density at radius 1 is 1.16 bits per heavy atom. The predicted molar refractivity (Wildman–Crippen MR) is 93.7 cm³/mol. The first-order valence-electron chi connectivity index (χ1n) is 7.86. The van der Waals surface area contributed by atoms with Gasteiger partial charge < -0.3 is 9.67 Å². The van der Waals surface area contributed by atoms with E-state index in [1.165, 1.54) is 12.1 Å². The Labute approximate surface area is 146 Å². The van der Waals surface area contributed by atoms with E-state index in [4.69, 9.17) is 0 Å². The fraction of sp³-hybridized carbons (Fsp3) is 0.235. The highest BCUT2D eigenvalue weighted by Gasteiger charge is 2.16. The van der Waals surface area contributed by atoms with Crippen LogP contribution in [0.3, 0.4) is 0 Å². The quantitative estimate of drug-likeness (QED) is 0.670. The molecule has 0 aliphatic rings. The molecule has 3 rings (SSSR count). The van der Waals surface area contributed by atoms with Crippen molar-refractivity contribution in [3.05, 3.63) is 66.7 Å². The Morgan fingerprint density at radius 3 is 2.52 bits per heavy atom. The largest absolute Gasteiger partial charge is 0.387 e. The van der Waals surface area contributed by atoms with Crippen LogP contribution in [0.15, 0.2) is 66.0 Å². The lowest BCUT2D eigenvalue weighted by Gasteiger charge is -2.13. The number of aliphatic hydroxyl groups is 1. The van der Waals surface area contributed by atoms with Gasteiger partial charge in [-0.05, 0) is 48.9 Å². The highest BCUT2D eigenvalue weighted by atomic mass is 32.2. The minimum Gasteiger partial charge on any atom is -0.387 e. The molecule has 0 bridgehead atoms. The number of aromatic nitrogens is 3. The average molecular weight is 360 g/mol. The van der Waals surface area contributed by atoms with Crippen molar-refractivity contribution in [2.45, 2.75) is 17.4 Å². The molecule has 0 saturated carbocycles. The maximum atomic E-state index is 12.3. The maximum absolute atomic E-state index is 12.3. The fourth-order valence-corrected chi connectivity index (χ4v) is 3.63. The van der Waals surface area contributed by atoms with Crippen LogP contribution in [0.2, 0.25) is 0 Å². The number of sulfonamides is 1. The predicted octanol–water partition coefficient (Wildman–Crippen LogP) is 1.61. The molecule has 1 atom stereocenters. The van der Waals surface area contributed by atoms with E-state index in [-0.39, 0.29) is 11.4 Å². The molecule has 0 spiro atoms. The van der Waals surface area contributed by atoms with Gasteiger partial charge in [-0.3, -0.25) is 0 Å². The third-order valence-electron chi connectivity index (χ3n) is 3.95. The Morgan fingerprint density at radius 2 is 1.92 bits per heavy atom. The molecule has 7 nitrogen and oxygen atoms in total. The van der Waals surface area contributed by atoms with Gasteiger partial charge >= 0.3 is 0 Å². The van der Waals surface area contributed by atoms with Crippen molar-refractivity contribution in [1.29, 1.82) is 0 Å². The summed E-state index contributed by atoms with van der Waals surface area (Å²) < 4.78 is 30.7. The second-order valence-electron chi connectivity index (χ2n) is 5.69. The first-order valence-corrected chi connectivity index (χ1v) is 9.35. The molecular weight excluding hydrogens is 340 g/mol. The lowest BCUT2D eigenvalue weighted by atomic mass is 10.2. The molecule has 3 aromatic rings. The SMILES string of the molecule is Cn1cccc1C(O)CCNS(=O)(=O)c1ccc(-n2cccn2)cc1. The smallest absolute Gasteiger partial charge is 0.240 e. The Hall–Kier alpha value is -2.42. The Balaban J connectivity index is 1.61. The molecule has 1 unspecified atom stereocenters. The summed E-state index contributed by atoms with van der Waals surface area (Å²) in [6.07, 6.45) is 4.86. The van der Waals surface area contributed by atoms with E-state index in [1.54, 1.807) is 35.3 Å². The van der Waals surface area contributed by atoms with Gasteiger partial charge in [0.1, 0.15) is 0 Å². The van der Waals surface area contributed by atoms with Gasteiger partial charge in [0.25, 0.3) is 0 Å². The van der Waals surface area contributed by atoms with E-state index in [9.17, 15) is 13.5 Å². The molecule has 8 heteroatoms. The summed E-state index contributed by atoms with van der Waals surface area (Å²) in [5, 5.41) is 14.2. The molecule has 2 heterocycles. The Bertz CT molecular complexity index is 915. The van der Waals surface area contributed by atoms with E-state index in [0.717, 1.165) is 11.4 Å². The average Bonchev–Trinajstić information content (AvgIpc) is 3.26. The maximum Gasteiger partial charge on any atom is 0.240 e. The van der Waals surface area contributed by atoms with Crippen LogP contribution in [0, 0.1) is 0 Å². The number of aliphatic hydroxyl groups excluding tert-OH is 1. The van der Waals surface area contributed by atoms with Crippen molar-refractivity contribution >= 4 is 10.0 Å². The van der Waals surface area contributed by atoms with Crippen LogP contribution in [-0.2, 0) is 17.1 Å². The molecule has 0 aliphatic heterocycles. The zero-order chi connectivity index (χ0) is 17.9. The summed E-state index contributed by atoms with van der Waals surface area (Å²) in [5.74, 6) is 0. The number of nitrogens with one attached hydrogen (secondary N) is 1. The third kappa shape index (κ3) is 3.98. The third-order valence-corrected chi connectivity index (χ3v) is 5.43. The normalized spacial score (nSPS) is 13.0. The van der Waals surface area contributed by atoms with E-state index >= 15 is 0 Å². The molecule has 1 aromatic carbocycles. The van der Waals surface area contributed by atoms with Gasteiger partial charge in [0.15, 0.2) is 0 Å². The zero-order valence-corrected chi connectivity index (χ0v) is 14.6. The van der Waals surface area contributed by atoms with E-state index < -0.39 is 16.1 Å². The number of hydrogen-bond acceptors (Lipinski definition) is 4. The first kappa shape index (κ1) is 17.4. The minimum absolute atomic E-state index is 0.148. The first-order chi connectivity index (χ1) is 12.0. The summed E-state index contributed by atoms with van der Waals surface area (Å²) in [6.45, 7) is 0.148. The van der Waals surface area contributed by atoms with Crippen molar-refractivity contribution in [1.82, 2.24) is 19.1 Å². The number of hydrogen-bond donors (Lipinski definition) is 2. The molecule has 25 heavy (non-hydrogen) atoms. The molecule has 0 fully saturated rings. The van der Waals surface area contributed by atoms with Crippen LogP contribution in [-0.4, -0.2) is 34.4 Å². The molecule has 2 N–H and O–H groups in total. The lowest BCUT2D eigenvalue weighted by Crippen LogP contribution is -2.26. The summed E-state index contributed by atoms with van der Waals surface area (Å²) in [5.41, 5.74) is 1.53. The van der Waals surface area contributed by atoms with E-state index in [0.29, 0.717) is 6.42 Å². The van der Waals surface area contributed by atoms with Gasteiger partial charge in [0.05, 0.1) is 16.7 Å². The standard InChI is InChI=1S/C17H20N4O3S/c1-20-12-2-4-16(20)17(22)9-11-19-25(23,24)15-7-5-14(6-8-15)21-13-3-10-18-21/h2-8,10,12-13,17,19,22H,9,11H2,1H3. The van der Waals surface area contributed by atoms with E-state index in [1.807, 2.05) is 29.9 Å². The fourth-order valence-electron chi connectivity index (χ4n) is 2.58. The zero-order valence-electron chi connectivity index (χ0n) is 13.8. The van der Waals surface area contributed by atoms with Crippen LogP contribution >= 0.6 is 0 Å². The topological polar surface area (TPSA) is 89.1 Å². The molecule has 0 aliphatic carbocycles. The van der Waals surface area contributed by atoms with Gasteiger partial charge in [0, 0.05) is 37.9 Å². The highest BCUT2D eigenvalue weighted by Crippen LogP contribution is 2.17. The summed E-state index contributed by atoms with van der Waals surface area (Å²) in [6, 6.07) is 11.9. The summed E-state index contributed by atoms with van der Waals surface area (Å²) >= 11 is 0. The lowest BCUT2D eigenvalue weighted by molar-refractivity contribution is 0.161. The molecule has 0 amide bonds. The number of nitrogens with zero attached hydrogens (tertiary/aromatic N) is 3. The second kappa shape index (κ2) is 7.22. The van der Waals surface area contributed by atoms with Gasteiger partial charge in [0.2, 0.25) is 10.0 Å². The van der Waals surface area contributed by atoms with Crippen molar-refractivity contribution in [3.63, 3.8) is 0 Å². The molecule has 0 radical (unpaired) electrons. The minimum atomic E-state index is -3.62. The van der Waals surface area contributed by atoms with Crippen LogP contribution in [0.5, 0.6) is 0 Å². The highest BCUT2D eigenvalue weighted by molar-refractivity contribution is 7.89. The number of rotatable bonds is 7. The summed E-state index contributed by atoms with van der Waals surface area (Å²) in [7, 11) is -1.78. The monoisotopic (exact) mass is 360 g/mol. The molecule has 132 valence electrons. The van der Waals surface area contributed by atoms with Gasteiger partial charge in [-0.1, -0.05) is 0 Å². The molecular formula is C17H20N4O3S. The van der Waals surface area contributed by atoms with E-state index in [2.05, 4.69) is 9.82 Å². The number of aryl methyl sites for hydroxylation is 1. The van der Waals surface area contributed by atoms with Crippen molar-refractivity contribution in [2.75, 3.05) is 6.54 Å². The second-order valence-corrected chi connectivity index (χ2v) is 7.46. The van der Waals surface area contributed by atoms with Crippen LogP contribution in [0.4, 0.5) is 0 Å². The van der Waals surface area contributed by atoms with Crippen molar-refractivity contribution < 1.29 is 13.5 Å². The van der Waals surface area contributed by atoms with Gasteiger partial charge in [-0.2, -0.15) is 5.10 Å². The van der Waals surface area contributed by atoms with Gasteiger partial charge in [-0.15, -0.1) is 0 Å². The van der Waals surface area contributed by atoms with Crippen molar-refractivity contribution in [3.8, 4) is 5.69 Å². The number of benzene rings is 1. The van der Waals surface area contributed by atoms with Crippen LogP contribution in [0.25, 0.3) is 5.69 Å². The van der Waals surface area contributed by atoms with Crippen LogP contribution < -0.4 is 4.72 Å². The van der Waals surface area contributed by atoms with Crippen molar-refractivity contribution in [2.24, 2.45) is 7.05 Å². The summed E-state index contributed by atoms with van der Waals surface area (Å²) in [4.78, 5) is 0.178.